The van der Waals surface area contributed by atoms with E-state index in [1.165, 1.54) is 5.56 Å². The smallest absolute Gasteiger partial charge is 0.237 e. The van der Waals surface area contributed by atoms with Crippen molar-refractivity contribution in [3.8, 4) is 23.3 Å². The van der Waals surface area contributed by atoms with Crippen molar-refractivity contribution in [1.82, 2.24) is 0 Å². The molecule has 0 atom stereocenters. The first kappa shape index (κ1) is 13.3. The van der Waals surface area contributed by atoms with Crippen molar-refractivity contribution >= 4 is 11.4 Å². The average Bonchev–Trinajstić information content (AvgIpc) is 2.49. The fourth-order valence-electron chi connectivity index (χ4n) is 1.76. The molecule has 20 heavy (non-hydrogen) atoms. The highest BCUT2D eigenvalue weighted by Gasteiger charge is 1.99. The summed E-state index contributed by atoms with van der Waals surface area (Å²) in [6, 6.07) is 19.3. The van der Waals surface area contributed by atoms with Gasteiger partial charge in [-0.15, -0.1) is 0 Å². The van der Waals surface area contributed by atoms with E-state index < -0.39 is 0 Å². The van der Waals surface area contributed by atoms with Crippen LogP contribution in [0.15, 0.2) is 53.6 Å². The Labute approximate surface area is 117 Å². The van der Waals surface area contributed by atoms with E-state index in [0.29, 0.717) is 0 Å². The van der Waals surface area contributed by atoms with E-state index in [2.05, 4.69) is 35.7 Å². The van der Waals surface area contributed by atoms with E-state index in [0.717, 1.165) is 16.8 Å². The number of nitrogens with one attached hydrogen (secondary N) is 1. The Hall–Kier alpha value is -3.11. The van der Waals surface area contributed by atoms with Gasteiger partial charge in [0, 0.05) is 0 Å². The molecule has 0 spiro atoms. The highest BCUT2D eigenvalue weighted by molar-refractivity contribution is 6.10. The Morgan fingerprint density at radius 1 is 1.00 bits per heavy atom. The summed E-state index contributed by atoms with van der Waals surface area (Å²) in [7, 11) is 0. The van der Waals surface area contributed by atoms with Crippen LogP contribution in [0.1, 0.15) is 5.56 Å². The lowest BCUT2D eigenvalue weighted by Gasteiger charge is -2.05. The van der Waals surface area contributed by atoms with Gasteiger partial charge in [0.05, 0.1) is 5.69 Å². The van der Waals surface area contributed by atoms with Crippen molar-refractivity contribution in [3.63, 3.8) is 0 Å². The van der Waals surface area contributed by atoms with Crippen molar-refractivity contribution in [2.24, 2.45) is 5.10 Å². The second-order valence-electron chi connectivity index (χ2n) is 4.24. The summed E-state index contributed by atoms with van der Waals surface area (Å²) in [6.07, 6.45) is 0. The van der Waals surface area contributed by atoms with Gasteiger partial charge >= 0.3 is 0 Å². The van der Waals surface area contributed by atoms with Crippen LogP contribution < -0.4 is 5.43 Å². The first-order chi connectivity index (χ1) is 9.72. The number of hydrogen-bond acceptors (Lipinski definition) is 4. The Kier molecular flexibility index (Phi) is 4.11. The normalized spacial score (nSPS) is 9.15. The maximum Gasteiger partial charge on any atom is 0.237 e. The van der Waals surface area contributed by atoms with Crippen LogP contribution in [0.4, 0.5) is 5.69 Å². The van der Waals surface area contributed by atoms with Crippen molar-refractivity contribution in [2.75, 3.05) is 5.43 Å². The minimum Gasteiger partial charge on any atom is -0.277 e. The van der Waals surface area contributed by atoms with Crippen LogP contribution in [0.2, 0.25) is 0 Å². The predicted molar refractivity (Wildman–Crippen MR) is 78.9 cm³/mol. The molecule has 0 amide bonds. The Morgan fingerprint density at radius 2 is 1.70 bits per heavy atom. The van der Waals surface area contributed by atoms with Crippen molar-refractivity contribution in [1.29, 1.82) is 10.5 Å². The lowest BCUT2D eigenvalue weighted by molar-refractivity contribution is 1.34. The van der Waals surface area contributed by atoms with Crippen LogP contribution in [-0.2, 0) is 0 Å². The second kappa shape index (κ2) is 6.17. The molecule has 0 heterocycles. The third kappa shape index (κ3) is 3.22. The Morgan fingerprint density at radius 3 is 2.30 bits per heavy atom. The fraction of sp³-hybridized carbons (Fsp3) is 0.0625. The van der Waals surface area contributed by atoms with E-state index in [9.17, 15) is 0 Å². The van der Waals surface area contributed by atoms with Crippen LogP contribution in [0, 0.1) is 29.6 Å². The summed E-state index contributed by atoms with van der Waals surface area (Å²) >= 11 is 0. The number of anilines is 1. The van der Waals surface area contributed by atoms with Gasteiger partial charge in [0.1, 0.15) is 12.1 Å². The molecule has 2 aromatic carbocycles. The summed E-state index contributed by atoms with van der Waals surface area (Å²) in [4.78, 5) is 0. The van der Waals surface area contributed by atoms with Crippen LogP contribution in [-0.4, -0.2) is 5.71 Å². The molecule has 0 aromatic heterocycles. The molecule has 1 N–H and O–H groups in total. The monoisotopic (exact) mass is 260 g/mol. The van der Waals surface area contributed by atoms with Crippen molar-refractivity contribution in [3.05, 3.63) is 54.1 Å². The maximum absolute atomic E-state index is 8.58. The molecule has 4 heteroatoms. The average molecular weight is 260 g/mol. The molecule has 2 aromatic rings. The fourth-order valence-corrected chi connectivity index (χ4v) is 1.76. The Balaban J connectivity index is 2.17. The third-order valence-corrected chi connectivity index (χ3v) is 2.74. The molecule has 0 aliphatic heterocycles. The summed E-state index contributed by atoms with van der Waals surface area (Å²) in [5, 5.41) is 20.9. The SMILES string of the molecule is Cc1cccc(-c2ccc(NN=C(C#N)C#N)cc2)c1. The van der Waals surface area contributed by atoms with Crippen LogP contribution in [0.3, 0.4) is 0 Å². The molecule has 0 aliphatic carbocycles. The number of aryl methyl sites for hydroxylation is 1. The molecule has 0 bridgehead atoms. The summed E-state index contributed by atoms with van der Waals surface area (Å²) in [5.74, 6) is 0. The zero-order chi connectivity index (χ0) is 14.4. The number of hydrogen-bond donors (Lipinski definition) is 1. The summed E-state index contributed by atoms with van der Waals surface area (Å²) < 4.78 is 0. The molecule has 0 aliphatic rings. The quantitative estimate of drug-likeness (QED) is 0.678. The first-order valence-corrected chi connectivity index (χ1v) is 6.04. The molecule has 0 saturated heterocycles. The van der Waals surface area contributed by atoms with Gasteiger partial charge in [-0.05, 0) is 30.2 Å². The van der Waals surface area contributed by atoms with E-state index in [-0.39, 0.29) is 5.71 Å². The Bertz CT molecular complexity index is 699. The van der Waals surface area contributed by atoms with Gasteiger partial charge in [-0.25, -0.2) is 0 Å². The summed E-state index contributed by atoms with van der Waals surface area (Å²) in [5.41, 5.74) is 6.66. The zero-order valence-corrected chi connectivity index (χ0v) is 11.0. The van der Waals surface area contributed by atoms with Gasteiger partial charge in [0.25, 0.3) is 0 Å². The lowest BCUT2D eigenvalue weighted by atomic mass is 10.0. The topological polar surface area (TPSA) is 72.0 Å². The van der Waals surface area contributed by atoms with Gasteiger partial charge < -0.3 is 0 Å². The van der Waals surface area contributed by atoms with E-state index in [1.54, 1.807) is 12.1 Å². The molecule has 2 rings (SSSR count). The molecular formula is C16H12N4. The molecule has 0 fully saturated rings. The van der Waals surface area contributed by atoms with E-state index >= 15 is 0 Å². The van der Waals surface area contributed by atoms with Gasteiger partial charge in [-0.1, -0.05) is 42.0 Å². The number of hydrazone groups is 1. The first-order valence-electron chi connectivity index (χ1n) is 6.04. The molecule has 0 saturated carbocycles. The van der Waals surface area contributed by atoms with Crippen LogP contribution >= 0.6 is 0 Å². The predicted octanol–water partition coefficient (Wildman–Crippen LogP) is 3.48. The minimum absolute atomic E-state index is 0.201. The number of nitrogens with zero attached hydrogens (tertiary/aromatic N) is 3. The minimum atomic E-state index is -0.201. The van der Waals surface area contributed by atoms with Crippen LogP contribution in [0.5, 0.6) is 0 Å². The van der Waals surface area contributed by atoms with Gasteiger partial charge in [-0.3, -0.25) is 5.43 Å². The van der Waals surface area contributed by atoms with Crippen molar-refractivity contribution in [2.45, 2.75) is 6.92 Å². The highest BCUT2D eigenvalue weighted by Crippen LogP contribution is 2.22. The molecule has 0 radical (unpaired) electrons. The third-order valence-electron chi connectivity index (χ3n) is 2.74. The number of nitriles is 2. The van der Waals surface area contributed by atoms with Gasteiger partial charge in [-0.2, -0.15) is 15.6 Å². The highest BCUT2D eigenvalue weighted by atomic mass is 15.3. The molecule has 0 unspecified atom stereocenters. The lowest BCUT2D eigenvalue weighted by Crippen LogP contribution is -1.96. The number of benzene rings is 2. The molecule has 4 nitrogen and oxygen atoms in total. The van der Waals surface area contributed by atoms with E-state index in [1.807, 2.05) is 30.3 Å². The van der Waals surface area contributed by atoms with Crippen LogP contribution in [0.25, 0.3) is 11.1 Å². The molecule has 96 valence electrons. The van der Waals surface area contributed by atoms with Gasteiger partial charge in [0.2, 0.25) is 5.71 Å². The maximum atomic E-state index is 8.58. The summed E-state index contributed by atoms with van der Waals surface area (Å²) in [6.45, 7) is 2.06. The van der Waals surface area contributed by atoms with Gasteiger partial charge in [0.15, 0.2) is 0 Å². The largest absolute Gasteiger partial charge is 0.277 e. The standard InChI is InChI=1S/C16H12N4/c1-12-3-2-4-14(9-12)13-5-7-15(8-6-13)19-20-16(10-17)11-18/h2-9,19H,1H3. The second-order valence-corrected chi connectivity index (χ2v) is 4.24. The van der Waals surface area contributed by atoms with E-state index in [4.69, 9.17) is 10.5 Å². The number of rotatable bonds is 3. The van der Waals surface area contributed by atoms with Crippen molar-refractivity contribution < 1.29 is 0 Å². The zero-order valence-electron chi connectivity index (χ0n) is 11.0. The molecular weight excluding hydrogens is 248 g/mol.